The molecule has 0 aliphatic heterocycles. The van der Waals surface area contributed by atoms with Crippen LogP contribution in [0.3, 0.4) is 0 Å². The molecule has 0 amide bonds. The van der Waals surface area contributed by atoms with Crippen LogP contribution in [0.15, 0.2) is 19.6 Å². The maximum Gasteiger partial charge on any atom is 0.119 e. The van der Waals surface area contributed by atoms with Gasteiger partial charge in [-0.2, -0.15) is 0 Å². The molecular formula is C10H12N2S5. The van der Waals surface area contributed by atoms with Crippen molar-refractivity contribution in [2.75, 3.05) is 6.26 Å². The summed E-state index contributed by atoms with van der Waals surface area (Å²) in [5, 5.41) is 0. The lowest BCUT2D eigenvalue weighted by Gasteiger charge is -2.09. The fourth-order valence-corrected chi connectivity index (χ4v) is 3.70. The van der Waals surface area contributed by atoms with Gasteiger partial charge in [0.05, 0.1) is 5.52 Å². The molecule has 0 unspecified atom stereocenters. The fourth-order valence-electron chi connectivity index (χ4n) is 1.69. The van der Waals surface area contributed by atoms with E-state index in [0.29, 0.717) is 0 Å². The van der Waals surface area contributed by atoms with E-state index in [0.717, 1.165) is 42.9 Å². The molecule has 1 aromatic carbocycles. The molecule has 1 aromatic heterocycles. The normalized spacial score (nSPS) is 11.4. The number of aryl methyl sites for hydroxylation is 1. The molecule has 0 radical (unpaired) electrons. The van der Waals surface area contributed by atoms with E-state index in [2.05, 4.69) is 66.4 Å². The van der Waals surface area contributed by atoms with E-state index in [1.807, 2.05) is 6.26 Å². The molecular weight excluding hydrogens is 308 g/mol. The number of imidazole rings is 1. The molecule has 17 heavy (non-hydrogen) atoms. The summed E-state index contributed by atoms with van der Waals surface area (Å²) in [4.78, 5) is 7.62. The van der Waals surface area contributed by atoms with Gasteiger partial charge in [-0.3, -0.25) is 3.97 Å². The van der Waals surface area contributed by atoms with Crippen molar-refractivity contribution in [1.82, 2.24) is 8.96 Å². The molecule has 0 bridgehead atoms. The summed E-state index contributed by atoms with van der Waals surface area (Å²) in [5.74, 6) is 1.00. The van der Waals surface area contributed by atoms with Gasteiger partial charge in [-0.15, -0.1) is 50.5 Å². The number of thiol groups is 4. The van der Waals surface area contributed by atoms with Gasteiger partial charge in [0.15, 0.2) is 0 Å². The Hall–Kier alpha value is 0.440. The summed E-state index contributed by atoms with van der Waals surface area (Å²) in [7, 11) is 0. The smallest absolute Gasteiger partial charge is 0.119 e. The minimum absolute atomic E-state index is 0.725. The summed E-state index contributed by atoms with van der Waals surface area (Å²) in [6.45, 7) is 2.08. The van der Waals surface area contributed by atoms with E-state index in [1.165, 1.54) is 0 Å². The van der Waals surface area contributed by atoms with E-state index in [-0.39, 0.29) is 0 Å². The van der Waals surface area contributed by atoms with Crippen LogP contribution in [0.5, 0.6) is 0 Å². The molecule has 0 fully saturated rings. The van der Waals surface area contributed by atoms with Gasteiger partial charge in [0.2, 0.25) is 0 Å². The van der Waals surface area contributed by atoms with Crippen LogP contribution in [0.1, 0.15) is 12.7 Å². The Labute approximate surface area is 127 Å². The molecule has 1 heterocycles. The molecule has 0 saturated heterocycles. The van der Waals surface area contributed by atoms with Crippen LogP contribution in [0.4, 0.5) is 0 Å². The van der Waals surface area contributed by atoms with Gasteiger partial charge in [0.25, 0.3) is 0 Å². The van der Waals surface area contributed by atoms with Crippen LogP contribution < -0.4 is 0 Å². The van der Waals surface area contributed by atoms with E-state index in [9.17, 15) is 0 Å². The first kappa shape index (κ1) is 13.9. The van der Waals surface area contributed by atoms with Crippen molar-refractivity contribution in [3.63, 3.8) is 0 Å². The van der Waals surface area contributed by atoms with Gasteiger partial charge in [-0.05, 0) is 11.9 Å². The molecule has 0 spiro atoms. The zero-order chi connectivity index (χ0) is 12.7. The molecule has 0 aliphatic carbocycles. The standard InChI is InChI=1S/C10H12N2S5/c1-3-4-11-5-6(12(4)17-2)8(14)10(16)9(15)7(5)13/h13-16H,3H2,1-2H3. The van der Waals surface area contributed by atoms with Gasteiger partial charge in [0.1, 0.15) is 11.3 Å². The van der Waals surface area contributed by atoms with Crippen molar-refractivity contribution in [1.29, 1.82) is 0 Å². The second-order valence-corrected chi connectivity index (χ2v) is 5.97. The maximum absolute atomic E-state index is 4.60. The molecule has 2 rings (SSSR count). The highest BCUT2D eigenvalue weighted by molar-refractivity contribution is 7.97. The highest BCUT2D eigenvalue weighted by Crippen LogP contribution is 2.40. The lowest BCUT2D eigenvalue weighted by atomic mass is 10.3. The third kappa shape index (κ3) is 2.10. The van der Waals surface area contributed by atoms with E-state index in [1.54, 1.807) is 11.9 Å². The Morgan fingerprint density at radius 2 is 1.65 bits per heavy atom. The van der Waals surface area contributed by atoms with E-state index < -0.39 is 0 Å². The van der Waals surface area contributed by atoms with Gasteiger partial charge in [-0.1, -0.05) is 6.92 Å². The minimum atomic E-state index is 0.725. The number of hydrogen-bond donors (Lipinski definition) is 4. The third-order valence-corrected chi connectivity index (χ3v) is 5.58. The molecule has 2 aromatic rings. The number of benzene rings is 1. The summed E-state index contributed by atoms with van der Waals surface area (Å²) < 4.78 is 2.07. The van der Waals surface area contributed by atoms with Crippen LogP contribution in [-0.2, 0) is 6.42 Å². The van der Waals surface area contributed by atoms with Crippen molar-refractivity contribution in [3.8, 4) is 0 Å². The summed E-state index contributed by atoms with van der Waals surface area (Å²) in [6.07, 6.45) is 2.87. The largest absolute Gasteiger partial charge is 0.269 e. The van der Waals surface area contributed by atoms with Gasteiger partial charge in [-0.25, -0.2) is 4.98 Å². The monoisotopic (exact) mass is 320 g/mol. The third-order valence-electron chi connectivity index (χ3n) is 2.52. The van der Waals surface area contributed by atoms with Gasteiger partial charge < -0.3 is 0 Å². The second kappa shape index (κ2) is 5.21. The van der Waals surface area contributed by atoms with Gasteiger partial charge in [0, 0.05) is 32.3 Å². The number of rotatable bonds is 2. The zero-order valence-corrected chi connectivity index (χ0v) is 13.7. The minimum Gasteiger partial charge on any atom is -0.269 e. The predicted octanol–water partition coefficient (Wildman–Crippen LogP) is 3.88. The van der Waals surface area contributed by atoms with Crippen LogP contribution in [0.2, 0.25) is 0 Å². The summed E-state index contributed by atoms with van der Waals surface area (Å²) in [5.41, 5.74) is 1.80. The molecule has 2 nitrogen and oxygen atoms in total. The Morgan fingerprint density at radius 3 is 2.18 bits per heavy atom. The highest BCUT2D eigenvalue weighted by Gasteiger charge is 2.19. The van der Waals surface area contributed by atoms with Gasteiger partial charge >= 0.3 is 0 Å². The summed E-state index contributed by atoms with van der Waals surface area (Å²) >= 11 is 19.4. The maximum atomic E-state index is 4.60. The van der Waals surface area contributed by atoms with Crippen LogP contribution >= 0.6 is 62.5 Å². The topological polar surface area (TPSA) is 17.8 Å². The number of nitrogens with zero attached hydrogens (tertiary/aromatic N) is 2. The van der Waals surface area contributed by atoms with E-state index >= 15 is 0 Å². The second-order valence-electron chi connectivity index (χ2n) is 3.45. The van der Waals surface area contributed by atoms with Crippen molar-refractivity contribution in [2.45, 2.75) is 32.9 Å². The number of fused-ring (bicyclic) bond motifs is 1. The molecule has 0 aliphatic rings. The van der Waals surface area contributed by atoms with Crippen LogP contribution in [-0.4, -0.2) is 15.2 Å². The molecule has 0 atom stereocenters. The molecule has 0 N–H and O–H groups in total. The zero-order valence-electron chi connectivity index (χ0n) is 9.30. The Kier molecular flexibility index (Phi) is 4.24. The van der Waals surface area contributed by atoms with Crippen LogP contribution in [0, 0.1) is 0 Å². The fraction of sp³-hybridized carbons (Fsp3) is 0.300. The Morgan fingerprint density at radius 1 is 1.06 bits per heavy atom. The highest BCUT2D eigenvalue weighted by atomic mass is 32.2. The van der Waals surface area contributed by atoms with Crippen LogP contribution in [0.25, 0.3) is 11.0 Å². The van der Waals surface area contributed by atoms with Crippen molar-refractivity contribution in [2.24, 2.45) is 0 Å². The SMILES string of the molecule is CCc1nc2c(S)c(S)c(S)c(S)c2n1SC. The average Bonchev–Trinajstić information content (AvgIpc) is 2.72. The predicted molar refractivity (Wildman–Crippen MR) is 87.0 cm³/mol. The van der Waals surface area contributed by atoms with E-state index in [4.69, 9.17) is 0 Å². The first-order chi connectivity index (χ1) is 8.02. The molecule has 0 saturated carbocycles. The Balaban J connectivity index is 2.98. The first-order valence-electron chi connectivity index (χ1n) is 4.94. The number of aromatic nitrogens is 2. The summed E-state index contributed by atoms with van der Waals surface area (Å²) in [6, 6.07) is 0. The Bertz CT molecular complexity index is 590. The average molecular weight is 321 g/mol. The molecule has 7 heteroatoms. The lowest BCUT2D eigenvalue weighted by molar-refractivity contribution is 0.969. The number of hydrogen-bond acceptors (Lipinski definition) is 6. The lowest BCUT2D eigenvalue weighted by Crippen LogP contribution is -1.94. The quantitative estimate of drug-likeness (QED) is 0.629. The molecule has 92 valence electrons. The first-order valence-corrected chi connectivity index (χ1v) is 7.91. The van der Waals surface area contributed by atoms with Crippen molar-refractivity contribution in [3.05, 3.63) is 5.82 Å². The van der Waals surface area contributed by atoms with Crippen molar-refractivity contribution < 1.29 is 0 Å². The van der Waals surface area contributed by atoms with Crippen molar-refractivity contribution >= 4 is 73.5 Å².